The predicted molar refractivity (Wildman–Crippen MR) is 118 cm³/mol. The number of alkyl halides is 3. The second kappa shape index (κ2) is 9.89. The van der Waals surface area contributed by atoms with Crippen molar-refractivity contribution in [2.45, 2.75) is 31.5 Å². The van der Waals surface area contributed by atoms with Crippen LogP contribution < -0.4 is 0 Å². The molecule has 0 amide bonds. The van der Waals surface area contributed by atoms with Gasteiger partial charge in [-0.05, 0) is 49.5 Å². The lowest BCUT2D eigenvalue weighted by Gasteiger charge is -2.30. The number of hydrogen-bond acceptors (Lipinski definition) is 7. The Morgan fingerprint density at radius 3 is 2.53 bits per heavy atom. The van der Waals surface area contributed by atoms with Crippen LogP contribution in [-0.2, 0) is 18.4 Å². The molecule has 9 nitrogen and oxygen atoms in total. The van der Waals surface area contributed by atoms with Crippen molar-refractivity contribution in [3.8, 4) is 11.3 Å². The number of carboxylic acids is 1. The van der Waals surface area contributed by atoms with Crippen molar-refractivity contribution in [2.24, 2.45) is 7.05 Å². The molecule has 0 bridgehead atoms. The van der Waals surface area contributed by atoms with E-state index in [2.05, 4.69) is 37.7 Å². The highest BCUT2D eigenvalue weighted by molar-refractivity contribution is 7.09. The molecule has 1 aliphatic heterocycles. The molecule has 0 aromatic carbocycles. The molecular weight excluding hydrogens is 471 g/mol. The summed E-state index contributed by atoms with van der Waals surface area (Å²) in [5.74, 6) is -1.38. The quantitative estimate of drug-likeness (QED) is 0.464. The fraction of sp³-hybridized carbons (Fsp3) is 0.381. The molecule has 0 saturated carbocycles. The first kappa shape index (κ1) is 23.8. The fourth-order valence-electron chi connectivity index (χ4n) is 3.74. The van der Waals surface area contributed by atoms with Crippen LogP contribution in [0, 0.1) is 0 Å². The number of likely N-dealkylation sites (tertiary alicyclic amines) is 1. The van der Waals surface area contributed by atoms with E-state index in [1.165, 1.54) is 4.88 Å². The molecule has 4 aromatic rings. The van der Waals surface area contributed by atoms with E-state index in [0.29, 0.717) is 5.92 Å². The standard InChI is InChI=1S/C19H21N7S.C2HF3O2/c1-24-12-15(11-20-24)17-4-5-18-21-22-19(26(18)23-17)14-6-8-25(9-7-14)13-16-3-2-10-27-16;3-2(4,5)1(6)7/h2-5,10-12,14H,6-9,13H2,1H3;(H,6,7). The van der Waals surface area contributed by atoms with Gasteiger partial charge in [0.15, 0.2) is 11.5 Å². The Kier molecular flexibility index (Phi) is 6.93. The number of carbonyl (C=O) groups is 1. The third-order valence-electron chi connectivity index (χ3n) is 5.44. The maximum absolute atomic E-state index is 10.6. The van der Waals surface area contributed by atoms with Crippen LogP contribution in [0.25, 0.3) is 16.9 Å². The van der Waals surface area contributed by atoms with Crippen molar-refractivity contribution in [3.05, 3.63) is 52.7 Å². The van der Waals surface area contributed by atoms with Crippen molar-refractivity contribution in [1.82, 2.24) is 34.5 Å². The zero-order valence-corrected chi connectivity index (χ0v) is 19.0. The van der Waals surface area contributed by atoms with Crippen LogP contribution in [0.2, 0.25) is 0 Å². The minimum atomic E-state index is -5.08. The Labute approximate surface area is 196 Å². The Morgan fingerprint density at radius 2 is 1.94 bits per heavy atom. The largest absolute Gasteiger partial charge is 0.490 e. The topological polar surface area (TPSA) is 101 Å². The smallest absolute Gasteiger partial charge is 0.475 e. The van der Waals surface area contributed by atoms with Crippen LogP contribution in [-0.4, -0.2) is 64.8 Å². The number of hydrogen-bond donors (Lipinski definition) is 1. The van der Waals surface area contributed by atoms with E-state index >= 15 is 0 Å². The molecule has 180 valence electrons. The Morgan fingerprint density at radius 1 is 1.21 bits per heavy atom. The van der Waals surface area contributed by atoms with Crippen molar-refractivity contribution in [3.63, 3.8) is 0 Å². The van der Waals surface area contributed by atoms with Crippen LogP contribution in [0.5, 0.6) is 0 Å². The molecule has 0 spiro atoms. The maximum Gasteiger partial charge on any atom is 0.490 e. The maximum atomic E-state index is 10.6. The third kappa shape index (κ3) is 5.59. The van der Waals surface area contributed by atoms with Gasteiger partial charge in [0.05, 0.1) is 11.9 Å². The number of aromatic nitrogens is 6. The van der Waals surface area contributed by atoms with Gasteiger partial charge in [-0.3, -0.25) is 9.58 Å². The summed E-state index contributed by atoms with van der Waals surface area (Å²) >= 11 is 1.83. The lowest BCUT2D eigenvalue weighted by atomic mass is 9.96. The molecule has 1 saturated heterocycles. The first-order valence-corrected chi connectivity index (χ1v) is 11.3. The number of piperidine rings is 1. The van der Waals surface area contributed by atoms with Crippen LogP contribution >= 0.6 is 11.3 Å². The molecule has 5 heterocycles. The van der Waals surface area contributed by atoms with Crippen LogP contribution in [0.1, 0.15) is 29.5 Å². The van der Waals surface area contributed by atoms with Crippen LogP contribution in [0.15, 0.2) is 42.0 Å². The van der Waals surface area contributed by atoms with Crippen molar-refractivity contribution >= 4 is 23.0 Å². The highest BCUT2D eigenvalue weighted by Crippen LogP contribution is 2.28. The first-order chi connectivity index (χ1) is 16.2. The van der Waals surface area contributed by atoms with Gasteiger partial charge in [-0.25, -0.2) is 4.79 Å². The summed E-state index contributed by atoms with van der Waals surface area (Å²) in [5, 5.41) is 27.1. The molecule has 1 fully saturated rings. The number of aliphatic carboxylic acids is 1. The summed E-state index contributed by atoms with van der Waals surface area (Å²) in [4.78, 5) is 12.9. The fourth-order valence-corrected chi connectivity index (χ4v) is 4.49. The van der Waals surface area contributed by atoms with E-state index in [1.54, 1.807) is 4.68 Å². The zero-order chi connectivity index (χ0) is 24.3. The molecule has 13 heteroatoms. The van der Waals surface area contributed by atoms with Gasteiger partial charge in [0.1, 0.15) is 0 Å². The molecule has 1 N–H and O–H groups in total. The van der Waals surface area contributed by atoms with Gasteiger partial charge in [-0.15, -0.1) is 21.5 Å². The molecule has 0 unspecified atom stereocenters. The second-order valence-electron chi connectivity index (χ2n) is 7.88. The van der Waals surface area contributed by atoms with Gasteiger partial charge in [-0.2, -0.15) is 27.9 Å². The van der Waals surface area contributed by atoms with E-state index in [1.807, 2.05) is 47.4 Å². The lowest BCUT2D eigenvalue weighted by molar-refractivity contribution is -0.192. The number of nitrogens with zero attached hydrogens (tertiary/aromatic N) is 7. The van der Waals surface area contributed by atoms with Gasteiger partial charge in [0.25, 0.3) is 0 Å². The lowest BCUT2D eigenvalue weighted by Crippen LogP contribution is -2.32. The number of rotatable bonds is 4. The van der Waals surface area contributed by atoms with Crippen molar-refractivity contribution < 1.29 is 23.1 Å². The second-order valence-corrected chi connectivity index (χ2v) is 8.91. The van der Waals surface area contributed by atoms with Crippen molar-refractivity contribution in [1.29, 1.82) is 0 Å². The number of carboxylic acid groups (broad SMARTS) is 1. The number of aryl methyl sites for hydroxylation is 1. The molecule has 4 aromatic heterocycles. The monoisotopic (exact) mass is 493 g/mol. The van der Waals surface area contributed by atoms with Crippen LogP contribution in [0.4, 0.5) is 13.2 Å². The molecular formula is C21H22F3N7O2S. The molecule has 0 aliphatic carbocycles. The summed E-state index contributed by atoms with van der Waals surface area (Å²) in [5.41, 5.74) is 2.70. The van der Waals surface area contributed by atoms with E-state index in [0.717, 1.165) is 55.2 Å². The summed E-state index contributed by atoms with van der Waals surface area (Å²) in [6.07, 6.45) is 0.901. The normalized spacial score (nSPS) is 15.3. The zero-order valence-electron chi connectivity index (χ0n) is 18.2. The van der Waals surface area contributed by atoms with E-state index < -0.39 is 12.1 Å². The van der Waals surface area contributed by atoms with Gasteiger partial charge in [-0.1, -0.05) is 6.07 Å². The third-order valence-corrected chi connectivity index (χ3v) is 6.30. The summed E-state index contributed by atoms with van der Waals surface area (Å²) in [7, 11) is 1.91. The average Bonchev–Trinajstić information content (AvgIpc) is 3.55. The highest BCUT2D eigenvalue weighted by atomic mass is 32.1. The van der Waals surface area contributed by atoms with E-state index in [9.17, 15) is 13.2 Å². The predicted octanol–water partition coefficient (Wildman–Crippen LogP) is 3.60. The highest BCUT2D eigenvalue weighted by Gasteiger charge is 2.38. The molecule has 34 heavy (non-hydrogen) atoms. The molecule has 0 radical (unpaired) electrons. The van der Waals surface area contributed by atoms with Gasteiger partial charge >= 0.3 is 12.1 Å². The van der Waals surface area contributed by atoms with Gasteiger partial charge in [0.2, 0.25) is 0 Å². The van der Waals surface area contributed by atoms with E-state index in [-0.39, 0.29) is 0 Å². The minimum absolute atomic E-state index is 0.399. The summed E-state index contributed by atoms with van der Waals surface area (Å²) < 4.78 is 35.4. The number of fused-ring (bicyclic) bond motifs is 1. The Balaban J connectivity index is 0.000000344. The number of thiophene rings is 1. The summed E-state index contributed by atoms with van der Waals surface area (Å²) in [6.45, 7) is 3.22. The summed E-state index contributed by atoms with van der Waals surface area (Å²) in [6, 6.07) is 8.31. The van der Waals surface area contributed by atoms with E-state index in [4.69, 9.17) is 15.0 Å². The molecule has 0 atom stereocenters. The van der Waals surface area contributed by atoms with Crippen molar-refractivity contribution in [2.75, 3.05) is 13.1 Å². The average molecular weight is 494 g/mol. The van der Waals surface area contributed by atoms with Crippen LogP contribution in [0.3, 0.4) is 0 Å². The number of halogens is 3. The Hall–Kier alpha value is -3.32. The minimum Gasteiger partial charge on any atom is -0.475 e. The van der Waals surface area contributed by atoms with Gasteiger partial charge in [0, 0.05) is 36.1 Å². The molecule has 1 aliphatic rings. The SMILES string of the molecule is Cn1cc(-c2ccc3nnc(C4CCN(Cc5cccs5)CC4)n3n2)cn1.O=C(O)C(F)(F)F. The van der Waals surface area contributed by atoms with Gasteiger partial charge < -0.3 is 5.11 Å². The molecule has 5 rings (SSSR count). The first-order valence-electron chi connectivity index (χ1n) is 10.5. The Bertz CT molecular complexity index is 1250.